The van der Waals surface area contributed by atoms with Crippen LogP contribution in [0.1, 0.15) is 38.8 Å². The molecule has 1 aromatic rings. The fourth-order valence-electron chi connectivity index (χ4n) is 1.95. The highest BCUT2D eigenvalue weighted by Gasteiger charge is 2.21. The Labute approximate surface area is 129 Å². The minimum absolute atomic E-state index is 0.178. The molecule has 0 saturated heterocycles. The number of hydrogen-bond acceptors (Lipinski definition) is 2. The standard InChI is InChI=1S/C15H21ClN2O3/c1-9(2)7-13(14(19)20)18-15(21)17-10(3)11-5-4-6-12(16)8-11/h4-6,8-10,13H,7H2,1-3H3,(H,19,20)(H2,17,18,21). The van der Waals surface area contributed by atoms with E-state index >= 15 is 0 Å². The summed E-state index contributed by atoms with van der Waals surface area (Å²) in [4.78, 5) is 23.0. The van der Waals surface area contributed by atoms with Crippen LogP contribution < -0.4 is 10.6 Å². The van der Waals surface area contributed by atoms with Crippen molar-refractivity contribution in [2.24, 2.45) is 5.92 Å². The predicted molar refractivity (Wildman–Crippen MR) is 82.4 cm³/mol. The van der Waals surface area contributed by atoms with E-state index in [9.17, 15) is 9.59 Å². The molecule has 0 aliphatic carbocycles. The van der Waals surface area contributed by atoms with Crippen molar-refractivity contribution in [3.05, 3.63) is 34.9 Å². The summed E-state index contributed by atoms with van der Waals surface area (Å²) in [6, 6.07) is 5.49. The molecule has 0 bridgehead atoms. The Bertz CT molecular complexity index is 505. The molecule has 116 valence electrons. The largest absolute Gasteiger partial charge is 0.480 e. The Morgan fingerprint density at radius 1 is 1.24 bits per heavy atom. The third-order valence-corrected chi connectivity index (χ3v) is 3.24. The van der Waals surface area contributed by atoms with Crippen molar-refractivity contribution >= 4 is 23.6 Å². The molecule has 0 spiro atoms. The Balaban J connectivity index is 2.61. The number of rotatable bonds is 6. The maximum absolute atomic E-state index is 11.9. The van der Waals surface area contributed by atoms with Crippen LogP contribution in [0.3, 0.4) is 0 Å². The van der Waals surface area contributed by atoms with Crippen LogP contribution in [0, 0.1) is 5.92 Å². The number of aliphatic carboxylic acids is 1. The second-order valence-electron chi connectivity index (χ2n) is 5.41. The van der Waals surface area contributed by atoms with Crippen LogP contribution in [0.4, 0.5) is 4.79 Å². The first-order chi connectivity index (χ1) is 9.79. The molecule has 21 heavy (non-hydrogen) atoms. The Morgan fingerprint density at radius 2 is 1.90 bits per heavy atom. The van der Waals surface area contributed by atoms with E-state index in [0.29, 0.717) is 11.4 Å². The number of carbonyl (C=O) groups is 2. The summed E-state index contributed by atoms with van der Waals surface area (Å²) in [5.74, 6) is -0.856. The minimum atomic E-state index is -1.03. The highest BCUT2D eigenvalue weighted by atomic mass is 35.5. The summed E-state index contributed by atoms with van der Waals surface area (Å²) in [6.07, 6.45) is 0.383. The van der Waals surface area contributed by atoms with Crippen molar-refractivity contribution in [3.8, 4) is 0 Å². The summed E-state index contributed by atoms with van der Waals surface area (Å²) in [5, 5.41) is 14.9. The second kappa shape index (κ2) is 7.88. The molecule has 0 saturated carbocycles. The van der Waals surface area contributed by atoms with Crippen LogP contribution in [-0.2, 0) is 4.79 Å². The van der Waals surface area contributed by atoms with Crippen LogP contribution in [-0.4, -0.2) is 23.1 Å². The monoisotopic (exact) mass is 312 g/mol. The first-order valence-corrected chi connectivity index (χ1v) is 7.22. The zero-order valence-electron chi connectivity index (χ0n) is 12.4. The van der Waals surface area contributed by atoms with Gasteiger partial charge in [0.25, 0.3) is 0 Å². The molecule has 1 aromatic carbocycles. The lowest BCUT2D eigenvalue weighted by molar-refractivity contribution is -0.139. The third kappa shape index (κ3) is 6.04. The van der Waals surface area contributed by atoms with Gasteiger partial charge in [-0.3, -0.25) is 0 Å². The molecular weight excluding hydrogens is 292 g/mol. The number of benzene rings is 1. The molecule has 2 atom stereocenters. The maximum atomic E-state index is 11.9. The van der Waals surface area contributed by atoms with E-state index in [-0.39, 0.29) is 12.0 Å². The predicted octanol–water partition coefficient (Wildman–Crippen LogP) is 3.20. The quantitative estimate of drug-likeness (QED) is 0.754. The van der Waals surface area contributed by atoms with Crippen molar-refractivity contribution < 1.29 is 14.7 Å². The molecule has 0 aliphatic heterocycles. The van der Waals surface area contributed by atoms with Gasteiger partial charge >= 0.3 is 12.0 Å². The highest BCUT2D eigenvalue weighted by Crippen LogP contribution is 2.17. The van der Waals surface area contributed by atoms with Crippen molar-refractivity contribution in [3.63, 3.8) is 0 Å². The molecule has 2 unspecified atom stereocenters. The molecule has 6 heteroatoms. The minimum Gasteiger partial charge on any atom is -0.480 e. The Kier molecular flexibility index (Phi) is 6.49. The van der Waals surface area contributed by atoms with E-state index < -0.39 is 18.0 Å². The number of carboxylic acid groups (broad SMARTS) is 1. The molecule has 3 N–H and O–H groups in total. The van der Waals surface area contributed by atoms with Gasteiger partial charge in [-0.15, -0.1) is 0 Å². The number of amides is 2. The van der Waals surface area contributed by atoms with Gasteiger partial charge in [-0.05, 0) is 37.0 Å². The van der Waals surface area contributed by atoms with Crippen LogP contribution in [0.2, 0.25) is 5.02 Å². The number of halogens is 1. The van der Waals surface area contributed by atoms with E-state index in [1.54, 1.807) is 18.2 Å². The number of nitrogens with one attached hydrogen (secondary N) is 2. The second-order valence-corrected chi connectivity index (χ2v) is 5.85. The highest BCUT2D eigenvalue weighted by molar-refractivity contribution is 6.30. The van der Waals surface area contributed by atoms with Crippen LogP contribution >= 0.6 is 11.6 Å². The molecular formula is C15H21ClN2O3. The number of hydrogen-bond donors (Lipinski definition) is 3. The van der Waals surface area contributed by atoms with Crippen molar-refractivity contribution in [2.45, 2.75) is 39.3 Å². The molecule has 0 aromatic heterocycles. The molecule has 1 rings (SSSR count). The molecule has 2 amide bonds. The average Bonchev–Trinajstić information content (AvgIpc) is 2.37. The fraction of sp³-hybridized carbons (Fsp3) is 0.467. The van der Waals surface area contributed by atoms with E-state index in [2.05, 4.69) is 10.6 Å². The normalized spacial score (nSPS) is 13.6. The first kappa shape index (κ1) is 17.3. The van der Waals surface area contributed by atoms with Gasteiger partial charge in [-0.25, -0.2) is 9.59 Å². The summed E-state index contributed by atoms with van der Waals surface area (Å²) >= 11 is 5.90. The number of carbonyl (C=O) groups excluding carboxylic acids is 1. The van der Waals surface area contributed by atoms with Gasteiger partial charge in [0.2, 0.25) is 0 Å². The molecule has 0 aliphatic rings. The van der Waals surface area contributed by atoms with Gasteiger partial charge in [0.15, 0.2) is 0 Å². The summed E-state index contributed by atoms with van der Waals surface area (Å²) in [5.41, 5.74) is 0.855. The van der Waals surface area contributed by atoms with Gasteiger partial charge in [-0.1, -0.05) is 37.6 Å². The van der Waals surface area contributed by atoms with Crippen LogP contribution in [0.15, 0.2) is 24.3 Å². The number of urea groups is 1. The van der Waals surface area contributed by atoms with Crippen LogP contribution in [0.25, 0.3) is 0 Å². The van der Waals surface area contributed by atoms with Crippen LogP contribution in [0.5, 0.6) is 0 Å². The SMILES string of the molecule is CC(C)CC(NC(=O)NC(C)c1cccc(Cl)c1)C(=O)O. The molecule has 0 radical (unpaired) electrons. The Hall–Kier alpha value is -1.75. The van der Waals surface area contributed by atoms with E-state index in [1.807, 2.05) is 26.8 Å². The van der Waals surface area contributed by atoms with Crippen molar-refractivity contribution in [2.75, 3.05) is 0 Å². The van der Waals surface area contributed by atoms with Gasteiger partial charge in [-0.2, -0.15) is 0 Å². The fourth-order valence-corrected chi connectivity index (χ4v) is 2.15. The maximum Gasteiger partial charge on any atom is 0.326 e. The lowest BCUT2D eigenvalue weighted by atomic mass is 10.0. The first-order valence-electron chi connectivity index (χ1n) is 6.85. The summed E-state index contributed by atoms with van der Waals surface area (Å²) < 4.78 is 0. The van der Waals surface area contributed by atoms with E-state index in [1.165, 1.54) is 0 Å². The van der Waals surface area contributed by atoms with Gasteiger partial charge in [0, 0.05) is 5.02 Å². The third-order valence-electron chi connectivity index (χ3n) is 3.01. The zero-order valence-corrected chi connectivity index (χ0v) is 13.1. The molecule has 0 heterocycles. The van der Waals surface area contributed by atoms with Crippen molar-refractivity contribution in [1.29, 1.82) is 0 Å². The summed E-state index contributed by atoms with van der Waals surface area (Å²) in [6.45, 7) is 5.62. The van der Waals surface area contributed by atoms with Gasteiger partial charge in [0.05, 0.1) is 6.04 Å². The average molecular weight is 313 g/mol. The lowest BCUT2D eigenvalue weighted by Gasteiger charge is -2.20. The summed E-state index contributed by atoms with van der Waals surface area (Å²) in [7, 11) is 0. The molecule has 0 fully saturated rings. The van der Waals surface area contributed by atoms with E-state index in [0.717, 1.165) is 5.56 Å². The van der Waals surface area contributed by atoms with Crippen molar-refractivity contribution in [1.82, 2.24) is 10.6 Å². The topological polar surface area (TPSA) is 78.4 Å². The Morgan fingerprint density at radius 3 is 2.43 bits per heavy atom. The lowest BCUT2D eigenvalue weighted by Crippen LogP contribution is -2.47. The van der Waals surface area contributed by atoms with Gasteiger partial charge in [0.1, 0.15) is 6.04 Å². The molecule has 5 nitrogen and oxygen atoms in total. The smallest absolute Gasteiger partial charge is 0.326 e. The zero-order chi connectivity index (χ0) is 16.0. The van der Waals surface area contributed by atoms with E-state index in [4.69, 9.17) is 16.7 Å². The van der Waals surface area contributed by atoms with Gasteiger partial charge < -0.3 is 15.7 Å². The number of carboxylic acids is 1.